The van der Waals surface area contributed by atoms with Crippen LogP contribution in [-0.2, 0) is 19.1 Å². The molecule has 1 aliphatic heterocycles. The Balaban J connectivity index is 2.43. The molecule has 0 unspecified atom stereocenters. The third-order valence-corrected chi connectivity index (χ3v) is 2.81. The van der Waals surface area contributed by atoms with Gasteiger partial charge in [-0.05, 0) is 12.8 Å². The highest BCUT2D eigenvalue weighted by Crippen LogP contribution is 2.27. The van der Waals surface area contributed by atoms with Crippen LogP contribution in [0.4, 0.5) is 0 Å². The van der Waals surface area contributed by atoms with Crippen molar-refractivity contribution in [1.82, 2.24) is 0 Å². The van der Waals surface area contributed by atoms with Crippen molar-refractivity contribution in [3.8, 4) is 0 Å². The fourth-order valence-corrected chi connectivity index (χ4v) is 1.94. The van der Waals surface area contributed by atoms with Gasteiger partial charge in [-0.2, -0.15) is 0 Å². The summed E-state index contributed by atoms with van der Waals surface area (Å²) in [7, 11) is 0. The molecular formula is C12H20O4. The second-order valence-corrected chi connectivity index (χ2v) is 4.26. The molecule has 0 spiro atoms. The van der Waals surface area contributed by atoms with Crippen molar-refractivity contribution < 1.29 is 19.1 Å². The first kappa shape index (κ1) is 13.0. The van der Waals surface area contributed by atoms with E-state index in [4.69, 9.17) is 9.47 Å². The molecule has 1 rings (SSSR count). The molecule has 92 valence electrons. The van der Waals surface area contributed by atoms with Crippen LogP contribution < -0.4 is 0 Å². The number of unbranched alkanes of at least 4 members (excludes halogenated alkanes) is 2. The lowest BCUT2D eigenvalue weighted by Gasteiger charge is -2.30. The van der Waals surface area contributed by atoms with Crippen molar-refractivity contribution in [2.24, 2.45) is 5.92 Å². The van der Waals surface area contributed by atoms with Crippen LogP contribution in [0.3, 0.4) is 0 Å². The van der Waals surface area contributed by atoms with E-state index in [1.54, 1.807) is 0 Å². The molecule has 0 aromatic carbocycles. The predicted molar refractivity (Wildman–Crippen MR) is 58.5 cm³/mol. The van der Waals surface area contributed by atoms with E-state index in [0.717, 1.165) is 32.1 Å². The Morgan fingerprint density at radius 1 is 1.50 bits per heavy atom. The van der Waals surface area contributed by atoms with Crippen molar-refractivity contribution in [3.05, 3.63) is 0 Å². The summed E-state index contributed by atoms with van der Waals surface area (Å²) >= 11 is 0. The molecule has 0 saturated carbocycles. The molecule has 0 bridgehead atoms. The molecule has 4 heteroatoms. The van der Waals surface area contributed by atoms with Crippen molar-refractivity contribution in [2.75, 3.05) is 0 Å². The van der Waals surface area contributed by atoms with Gasteiger partial charge in [0.05, 0.1) is 0 Å². The van der Waals surface area contributed by atoms with Crippen LogP contribution in [0.25, 0.3) is 0 Å². The van der Waals surface area contributed by atoms with Crippen LogP contribution >= 0.6 is 0 Å². The number of ether oxygens (including phenoxy) is 2. The maximum absolute atomic E-state index is 11.1. The predicted octanol–water partition coefficient (Wildman–Crippen LogP) is 2.41. The molecule has 0 aliphatic carbocycles. The van der Waals surface area contributed by atoms with Crippen LogP contribution in [0, 0.1) is 5.92 Å². The maximum Gasteiger partial charge on any atom is 0.308 e. The summed E-state index contributed by atoms with van der Waals surface area (Å²) in [5, 5.41) is 0. The highest BCUT2D eigenvalue weighted by Gasteiger charge is 2.32. The average molecular weight is 228 g/mol. The van der Waals surface area contributed by atoms with E-state index in [2.05, 4.69) is 6.92 Å². The lowest BCUT2D eigenvalue weighted by Crippen LogP contribution is -2.35. The number of hydrogen-bond acceptors (Lipinski definition) is 4. The van der Waals surface area contributed by atoms with Gasteiger partial charge in [-0.3, -0.25) is 9.59 Å². The number of hydrogen-bond donors (Lipinski definition) is 0. The standard InChI is InChI=1S/C12H20O4/c1-3-4-5-6-10-7-8-11(14)16-12(10)15-9(2)13/h10,12H,3-8H2,1-2H3/t10-,12+/m0/s1. The smallest absolute Gasteiger partial charge is 0.308 e. The molecule has 0 aromatic heterocycles. The summed E-state index contributed by atoms with van der Waals surface area (Å²) in [5.41, 5.74) is 0. The van der Waals surface area contributed by atoms with Crippen molar-refractivity contribution in [3.63, 3.8) is 0 Å². The second kappa shape index (κ2) is 6.51. The largest absolute Gasteiger partial charge is 0.425 e. The quantitative estimate of drug-likeness (QED) is 0.535. The Labute approximate surface area is 96.3 Å². The first-order chi connectivity index (χ1) is 7.63. The van der Waals surface area contributed by atoms with Gasteiger partial charge in [0.1, 0.15) is 0 Å². The zero-order chi connectivity index (χ0) is 12.0. The van der Waals surface area contributed by atoms with E-state index in [-0.39, 0.29) is 17.9 Å². The molecule has 0 N–H and O–H groups in total. The lowest BCUT2D eigenvalue weighted by molar-refractivity contribution is -0.206. The number of cyclic esters (lactones) is 1. The first-order valence-corrected chi connectivity index (χ1v) is 6.00. The van der Waals surface area contributed by atoms with Gasteiger partial charge in [0.2, 0.25) is 6.29 Å². The molecule has 4 nitrogen and oxygen atoms in total. The summed E-state index contributed by atoms with van der Waals surface area (Å²) in [6.45, 7) is 3.48. The SMILES string of the molecule is CCCCC[C@H]1CCC(=O)O[C@H]1OC(C)=O. The Hall–Kier alpha value is -1.06. The van der Waals surface area contributed by atoms with Crippen LogP contribution in [0.2, 0.25) is 0 Å². The van der Waals surface area contributed by atoms with Crippen molar-refractivity contribution in [2.45, 2.75) is 58.7 Å². The van der Waals surface area contributed by atoms with Gasteiger partial charge < -0.3 is 9.47 Å². The summed E-state index contributed by atoms with van der Waals surface area (Å²) in [5.74, 6) is -0.480. The average Bonchev–Trinajstić information content (AvgIpc) is 2.20. The molecule has 1 fully saturated rings. The molecule has 0 radical (unpaired) electrons. The Morgan fingerprint density at radius 2 is 2.25 bits per heavy atom. The summed E-state index contributed by atoms with van der Waals surface area (Å²) in [4.78, 5) is 22.0. The Morgan fingerprint density at radius 3 is 2.88 bits per heavy atom. The zero-order valence-corrected chi connectivity index (χ0v) is 10.0. The third-order valence-electron chi connectivity index (χ3n) is 2.81. The third kappa shape index (κ3) is 4.21. The summed E-state index contributed by atoms with van der Waals surface area (Å²) in [6, 6.07) is 0. The highest BCUT2D eigenvalue weighted by atomic mass is 16.7. The Kier molecular flexibility index (Phi) is 5.29. The van der Waals surface area contributed by atoms with Gasteiger partial charge in [0.25, 0.3) is 0 Å². The monoisotopic (exact) mass is 228 g/mol. The van der Waals surface area contributed by atoms with Crippen LogP contribution in [0.5, 0.6) is 0 Å². The van der Waals surface area contributed by atoms with Crippen molar-refractivity contribution in [1.29, 1.82) is 0 Å². The number of esters is 2. The van der Waals surface area contributed by atoms with E-state index in [1.165, 1.54) is 6.92 Å². The van der Waals surface area contributed by atoms with E-state index in [0.29, 0.717) is 6.42 Å². The van der Waals surface area contributed by atoms with Gasteiger partial charge in [-0.15, -0.1) is 0 Å². The molecule has 1 saturated heterocycles. The second-order valence-electron chi connectivity index (χ2n) is 4.26. The fraction of sp³-hybridized carbons (Fsp3) is 0.833. The molecular weight excluding hydrogens is 208 g/mol. The van der Waals surface area contributed by atoms with Gasteiger partial charge in [0.15, 0.2) is 0 Å². The van der Waals surface area contributed by atoms with Crippen molar-refractivity contribution >= 4 is 11.9 Å². The van der Waals surface area contributed by atoms with Gasteiger partial charge >= 0.3 is 11.9 Å². The molecule has 0 amide bonds. The fourth-order valence-electron chi connectivity index (χ4n) is 1.94. The normalized spacial score (nSPS) is 25.0. The minimum atomic E-state index is -0.657. The van der Waals surface area contributed by atoms with Crippen LogP contribution in [-0.4, -0.2) is 18.2 Å². The highest BCUT2D eigenvalue weighted by molar-refractivity contribution is 5.71. The topological polar surface area (TPSA) is 52.6 Å². The number of carbonyl (C=O) groups is 2. The molecule has 16 heavy (non-hydrogen) atoms. The number of rotatable bonds is 5. The molecule has 2 atom stereocenters. The lowest BCUT2D eigenvalue weighted by atomic mass is 9.94. The van der Waals surface area contributed by atoms with Gasteiger partial charge in [-0.25, -0.2) is 0 Å². The van der Waals surface area contributed by atoms with E-state index in [9.17, 15) is 9.59 Å². The van der Waals surface area contributed by atoms with Crippen LogP contribution in [0.15, 0.2) is 0 Å². The number of carbonyl (C=O) groups excluding carboxylic acids is 2. The minimum Gasteiger partial charge on any atom is -0.425 e. The summed E-state index contributed by atoms with van der Waals surface area (Å²) in [6.07, 6.45) is 4.92. The van der Waals surface area contributed by atoms with Crippen LogP contribution in [0.1, 0.15) is 52.4 Å². The molecule has 1 aliphatic rings. The Bertz CT molecular complexity index is 247. The van der Waals surface area contributed by atoms with E-state index >= 15 is 0 Å². The summed E-state index contributed by atoms with van der Waals surface area (Å²) < 4.78 is 10.1. The van der Waals surface area contributed by atoms with Gasteiger partial charge in [-0.1, -0.05) is 26.2 Å². The van der Waals surface area contributed by atoms with Gasteiger partial charge in [0, 0.05) is 19.3 Å². The zero-order valence-electron chi connectivity index (χ0n) is 10.0. The minimum absolute atomic E-state index is 0.174. The first-order valence-electron chi connectivity index (χ1n) is 6.00. The van der Waals surface area contributed by atoms with E-state index < -0.39 is 6.29 Å². The maximum atomic E-state index is 11.1. The molecule has 1 heterocycles. The molecule has 0 aromatic rings. The van der Waals surface area contributed by atoms with E-state index in [1.807, 2.05) is 0 Å².